The van der Waals surface area contributed by atoms with E-state index in [0.29, 0.717) is 23.0 Å². The van der Waals surface area contributed by atoms with E-state index in [1.165, 1.54) is 43.5 Å². The number of piperazine rings is 1. The molecule has 3 aromatic rings. The van der Waals surface area contributed by atoms with Crippen LogP contribution < -0.4 is 13.8 Å². The monoisotopic (exact) mass is 673 g/mol. The summed E-state index contributed by atoms with van der Waals surface area (Å²) in [5.74, 6) is -2.54. The molecule has 0 bridgehead atoms. The number of carbonyl (C=O) groups excluding carboxylic acids is 1. The van der Waals surface area contributed by atoms with E-state index in [1.807, 2.05) is 20.9 Å². The number of nitrogens with zero attached hydrogens (tertiary/aromatic N) is 3. The Morgan fingerprint density at radius 2 is 1.72 bits per heavy atom. The van der Waals surface area contributed by atoms with Crippen LogP contribution in [-0.2, 0) is 20.2 Å². The molecule has 0 radical (unpaired) electrons. The molecule has 0 spiro atoms. The normalized spacial score (nSPS) is 19.0. The second-order valence-corrected chi connectivity index (χ2v) is 14.1. The molecule has 246 valence electrons. The molecule has 1 atom stereocenters. The standard InChI is InChI=1S/C33H37ClFN3O7S/c1-21(2)45-23-7-9-24(10-8-23)46(42,43)38-29-20-30(44-4)27(34)19-26(29)33(32(38)41,12-5-13-37-16-14-36(3)15-17-37)25-18-22(31(39)40)6-11-28(25)35/h6-11,18-21H,5,12-17H2,1-4H3,(H,39,40). The third-order valence-corrected chi connectivity index (χ3v) is 10.5. The maximum atomic E-state index is 16.0. The predicted octanol–water partition coefficient (Wildman–Crippen LogP) is 5.02. The van der Waals surface area contributed by atoms with Crippen molar-refractivity contribution >= 4 is 39.2 Å². The Kier molecular flexibility index (Phi) is 9.65. The number of halogens is 2. The van der Waals surface area contributed by atoms with Crippen molar-refractivity contribution in [1.82, 2.24) is 9.80 Å². The average Bonchev–Trinajstić information content (AvgIpc) is 3.25. The summed E-state index contributed by atoms with van der Waals surface area (Å²) in [6.45, 7) is 7.57. The topological polar surface area (TPSA) is 117 Å². The number of fused-ring (bicyclic) bond motifs is 1. The smallest absolute Gasteiger partial charge is 0.335 e. The molecule has 13 heteroatoms. The van der Waals surface area contributed by atoms with Crippen molar-refractivity contribution in [2.75, 3.05) is 51.2 Å². The number of hydrogen-bond donors (Lipinski definition) is 1. The van der Waals surface area contributed by atoms with Crippen molar-refractivity contribution in [2.24, 2.45) is 0 Å². The quantitative estimate of drug-likeness (QED) is 0.299. The number of methoxy groups -OCH3 is 1. The van der Waals surface area contributed by atoms with Crippen molar-refractivity contribution in [3.05, 3.63) is 82.1 Å². The van der Waals surface area contributed by atoms with Gasteiger partial charge in [0.2, 0.25) is 0 Å². The summed E-state index contributed by atoms with van der Waals surface area (Å²) >= 11 is 6.58. The summed E-state index contributed by atoms with van der Waals surface area (Å²) in [6, 6.07) is 11.7. The van der Waals surface area contributed by atoms with Gasteiger partial charge in [-0.1, -0.05) is 11.6 Å². The lowest BCUT2D eigenvalue weighted by Gasteiger charge is -2.34. The van der Waals surface area contributed by atoms with Gasteiger partial charge in [0.05, 0.1) is 34.4 Å². The molecule has 2 aliphatic heterocycles. The molecular weight excluding hydrogens is 637 g/mol. The molecular formula is C33H37ClFN3O7S. The Hall–Kier alpha value is -3.71. The zero-order chi connectivity index (χ0) is 33.4. The SMILES string of the molecule is COc1cc2c(cc1Cl)C(CCCN1CCN(C)CC1)(c1cc(C(=O)O)ccc1F)C(=O)N2S(=O)(=O)c1ccc(OC(C)C)cc1. The van der Waals surface area contributed by atoms with E-state index in [4.69, 9.17) is 21.1 Å². The summed E-state index contributed by atoms with van der Waals surface area (Å²) in [5.41, 5.74) is -2.30. The molecule has 2 heterocycles. The van der Waals surface area contributed by atoms with Gasteiger partial charge in [-0.25, -0.2) is 21.9 Å². The van der Waals surface area contributed by atoms with Gasteiger partial charge in [-0.05, 0) is 94.4 Å². The number of likely N-dealkylation sites (N-methyl/N-ethyl adjacent to an activating group) is 1. The fourth-order valence-corrected chi connectivity index (χ4v) is 7.89. The van der Waals surface area contributed by atoms with Crippen LogP contribution >= 0.6 is 11.6 Å². The molecule has 1 amide bonds. The number of sulfonamides is 1. The summed E-state index contributed by atoms with van der Waals surface area (Å²) in [6.07, 6.45) is 0.223. The maximum absolute atomic E-state index is 16.0. The largest absolute Gasteiger partial charge is 0.495 e. The molecule has 5 rings (SSSR count). The highest BCUT2D eigenvalue weighted by atomic mass is 35.5. The van der Waals surface area contributed by atoms with Crippen LogP contribution in [0.3, 0.4) is 0 Å². The molecule has 10 nitrogen and oxygen atoms in total. The fraction of sp³-hybridized carbons (Fsp3) is 0.394. The van der Waals surface area contributed by atoms with Gasteiger partial charge in [-0.15, -0.1) is 0 Å². The highest BCUT2D eigenvalue weighted by Gasteiger charge is 2.57. The van der Waals surface area contributed by atoms with Gasteiger partial charge in [-0.3, -0.25) is 4.79 Å². The third kappa shape index (κ3) is 6.18. The first-order valence-corrected chi connectivity index (χ1v) is 16.8. The molecule has 1 fully saturated rings. The number of hydrogen-bond acceptors (Lipinski definition) is 8. The molecule has 3 aromatic carbocycles. The number of aromatic carboxylic acids is 1. The molecule has 0 aliphatic carbocycles. The van der Waals surface area contributed by atoms with Crippen molar-refractivity contribution in [3.8, 4) is 11.5 Å². The summed E-state index contributed by atoms with van der Waals surface area (Å²) in [4.78, 5) is 31.2. The van der Waals surface area contributed by atoms with E-state index in [-0.39, 0.29) is 50.6 Å². The fourth-order valence-electron chi connectivity index (χ4n) is 6.17. The van der Waals surface area contributed by atoms with Gasteiger partial charge in [0.1, 0.15) is 22.7 Å². The Bertz CT molecular complexity index is 1740. The van der Waals surface area contributed by atoms with Crippen LogP contribution in [0.4, 0.5) is 10.1 Å². The Labute approximate surface area is 273 Å². The van der Waals surface area contributed by atoms with Gasteiger partial charge in [0, 0.05) is 37.8 Å². The van der Waals surface area contributed by atoms with Crippen molar-refractivity contribution < 1.29 is 37.0 Å². The first kappa shape index (κ1) is 33.6. The number of carbonyl (C=O) groups is 2. The lowest BCUT2D eigenvalue weighted by Crippen LogP contribution is -2.46. The lowest BCUT2D eigenvalue weighted by atomic mass is 9.71. The van der Waals surface area contributed by atoms with E-state index in [9.17, 15) is 23.1 Å². The van der Waals surface area contributed by atoms with Crippen LogP contribution in [0.15, 0.2) is 59.5 Å². The van der Waals surface area contributed by atoms with Gasteiger partial charge in [0.15, 0.2) is 0 Å². The first-order valence-electron chi connectivity index (χ1n) is 15.0. The summed E-state index contributed by atoms with van der Waals surface area (Å²) in [5, 5.41) is 9.89. The number of anilines is 1. The number of carboxylic acids is 1. The number of rotatable bonds is 11. The first-order chi connectivity index (χ1) is 21.8. The predicted molar refractivity (Wildman–Crippen MR) is 172 cm³/mol. The van der Waals surface area contributed by atoms with Crippen LogP contribution in [0.1, 0.15) is 48.2 Å². The van der Waals surface area contributed by atoms with Gasteiger partial charge >= 0.3 is 5.97 Å². The molecule has 1 saturated heterocycles. The number of benzene rings is 3. The number of amides is 1. The van der Waals surface area contributed by atoms with E-state index < -0.39 is 33.1 Å². The molecule has 1 N–H and O–H groups in total. The van der Waals surface area contributed by atoms with Gasteiger partial charge < -0.3 is 24.4 Å². The maximum Gasteiger partial charge on any atom is 0.335 e. The lowest BCUT2D eigenvalue weighted by molar-refractivity contribution is -0.121. The molecule has 46 heavy (non-hydrogen) atoms. The average molecular weight is 674 g/mol. The van der Waals surface area contributed by atoms with Crippen LogP contribution in [0, 0.1) is 5.82 Å². The van der Waals surface area contributed by atoms with E-state index >= 15 is 4.39 Å². The number of ether oxygens (including phenoxy) is 2. The summed E-state index contributed by atoms with van der Waals surface area (Å²) < 4.78 is 56.4. The Balaban J connectivity index is 1.69. The Morgan fingerprint density at radius 3 is 2.33 bits per heavy atom. The minimum atomic E-state index is -4.58. The summed E-state index contributed by atoms with van der Waals surface area (Å²) in [7, 11) is -1.18. The van der Waals surface area contributed by atoms with Crippen LogP contribution in [0.5, 0.6) is 11.5 Å². The second kappa shape index (κ2) is 13.2. The molecule has 0 saturated carbocycles. The molecule has 0 aromatic heterocycles. The molecule has 2 aliphatic rings. The van der Waals surface area contributed by atoms with E-state index in [2.05, 4.69) is 9.80 Å². The van der Waals surface area contributed by atoms with Crippen molar-refractivity contribution in [1.29, 1.82) is 0 Å². The van der Waals surface area contributed by atoms with Gasteiger partial charge in [0.25, 0.3) is 15.9 Å². The Morgan fingerprint density at radius 1 is 1.04 bits per heavy atom. The highest BCUT2D eigenvalue weighted by Crippen LogP contribution is 2.54. The minimum absolute atomic E-state index is 0.0129. The van der Waals surface area contributed by atoms with Crippen LogP contribution in [-0.4, -0.2) is 88.2 Å². The third-order valence-electron chi connectivity index (χ3n) is 8.53. The van der Waals surface area contributed by atoms with Gasteiger partial charge in [-0.2, -0.15) is 0 Å². The van der Waals surface area contributed by atoms with Crippen LogP contribution in [0.2, 0.25) is 5.02 Å². The van der Waals surface area contributed by atoms with E-state index in [0.717, 1.165) is 44.4 Å². The van der Waals surface area contributed by atoms with Crippen molar-refractivity contribution in [3.63, 3.8) is 0 Å². The van der Waals surface area contributed by atoms with E-state index in [1.54, 1.807) is 0 Å². The minimum Gasteiger partial charge on any atom is -0.495 e. The molecule has 1 unspecified atom stereocenters. The zero-order valence-electron chi connectivity index (χ0n) is 26.1. The highest BCUT2D eigenvalue weighted by molar-refractivity contribution is 7.93. The van der Waals surface area contributed by atoms with Crippen LogP contribution in [0.25, 0.3) is 0 Å². The second-order valence-electron chi connectivity index (χ2n) is 11.9. The zero-order valence-corrected chi connectivity index (χ0v) is 27.7. The number of carboxylic acid groups (broad SMARTS) is 1. The van der Waals surface area contributed by atoms with Crippen molar-refractivity contribution in [2.45, 2.75) is 43.1 Å².